The molecule has 0 unspecified atom stereocenters. The molecule has 1 aromatic carbocycles. The third-order valence-corrected chi connectivity index (χ3v) is 2.06. The zero-order valence-electron chi connectivity index (χ0n) is 7.55. The lowest BCUT2D eigenvalue weighted by Gasteiger charge is -1.96. The zero-order valence-corrected chi connectivity index (χ0v) is 7.55. The first kappa shape index (κ1) is 8.45. The van der Waals surface area contributed by atoms with Gasteiger partial charge in [-0.05, 0) is 30.5 Å². The fraction of sp³-hybridized carbons (Fsp3) is 0.100. The van der Waals surface area contributed by atoms with Crippen molar-refractivity contribution in [2.45, 2.75) is 6.92 Å². The summed E-state index contributed by atoms with van der Waals surface area (Å²) in [6.07, 6.45) is 0. The molecule has 0 amide bonds. The molecule has 3 N–H and O–H groups in total. The van der Waals surface area contributed by atoms with Gasteiger partial charge in [-0.25, -0.2) is 4.79 Å². The summed E-state index contributed by atoms with van der Waals surface area (Å²) in [5.74, 6) is 2.28. The molecular weight excluding hydrogens is 180 g/mol. The second-order valence-corrected chi connectivity index (χ2v) is 2.90. The fourth-order valence-electron chi connectivity index (χ4n) is 1.37. The van der Waals surface area contributed by atoms with Gasteiger partial charge in [0.25, 0.3) is 0 Å². The topological polar surface area (TPSA) is 72.0 Å². The summed E-state index contributed by atoms with van der Waals surface area (Å²) in [6, 6.07) is 5.79. The van der Waals surface area contributed by atoms with Crippen molar-refractivity contribution in [1.29, 1.82) is 0 Å². The number of oxazole rings is 1. The van der Waals surface area contributed by atoms with Gasteiger partial charge in [0.05, 0.1) is 5.52 Å². The van der Waals surface area contributed by atoms with Crippen molar-refractivity contribution < 1.29 is 4.42 Å². The van der Waals surface area contributed by atoms with Gasteiger partial charge >= 0.3 is 5.76 Å². The predicted molar refractivity (Wildman–Crippen MR) is 52.6 cm³/mol. The smallest absolute Gasteiger partial charge is 0.408 e. The number of rotatable bonds is 0. The van der Waals surface area contributed by atoms with Crippen molar-refractivity contribution in [2.24, 2.45) is 5.73 Å². The molecule has 2 aromatic rings. The summed E-state index contributed by atoms with van der Waals surface area (Å²) in [7, 11) is 0. The molecule has 4 heteroatoms. The minimum absolute atomic E-state index is 0.457. The Hall–Kier alpha value is -2.15. The van der Waals surface area contributed by atoms with Crippen LogP contribution < -0.4 is 11.5 Å². The highest BCUT2D eigenvalue weighted by Gasteiger charge is 2.06. The number of nitrogens with one attached hydrogen (secondary N) is 1. The van der Waals surface area contributed by atoms with Gasteiger partial charge < -0.3 is 10.2 Å². The standard InChI is InChI=1S/C10H8N2O2/c1-6-7(4-5-11)2-3-8-9(6)12-10(13)14-8/h2-3H,11H2,1H3,(H,12,13). The summed E-state index contributed by atoms with van der Waals surface area (Å²) < 4.78 is 4.89. The molecule has 0 spiro atoms. The van der Waals surface area contributed by atoms with E-state index in [0.29, 0.717) is 11.1 Å². The van der Waals surface area contributed by atoms with Gasteiger partial charge in [-0.3, -0.25) is 4.98 Å². The van der Waals surface area contributed by atoms with Crippen LogP contribution in [0.15, 0.2) is 21.3 Å². The first-order chi connectivity index (χ1) is 6.72. The maximum absolute atomic E-state index is 10.9. The molecule has 0 aliphatic rings. The zero-order chi connectivity index (χ0) is 10.1. The summed E-state index contributed by atoms with van der Waals surface area (Å²) in [5.41, 5.74) is 7.99. The van der Waals surface area contributed by atoms with Crippen LogP contribution in [-0.4, -0.2) is 4.98 Å². The van der Waals surface area contributed by atoms with Crippen LogP contribution in [0, 0.1) is 18.9 Å². The SMILES string of the molecule is Cc1c(C#CN)ccc2oc(=O)[nH]c12. The maximum Gasteiger partial charge on any atom is 0.417 e. The van der Waals surface area contributed by atoms with Crippen LogP contribution in [0.2, 0.25) is 0 Å². The molecule has 0 aliphatic heterocycles. The van der Waals surface area contributed by atoms with Crippen molar-refractivity contribution in [1.82, 2.24) is 4.98 Å². The number of hydrogen-bond donors (Lipinski definition) is 2. The van der Waals surface area contributed by atoms with Crippen LogP contribution in [0.4, 0.5) is 0 Å². The Kier molecular flexibility index (Phi) is 1.79. The van der Waals surface area contributed by atoms with E-state index in [2.05, 4.69) is 16.9 Å². The molecule has 1 heterocycles. The van der Waals surface area contributed by atoms with Crippen LogP contribution in [0.3, 0.4) is 0 Å². The van der Waals surface area contributed by atoms with Crippen LogP contribution in [-0.2, 0) is 0 Å². The Bertz CT molecular complexity index is 596. The lowest BCUT2D eigenvalue weighted by atomic mass is 10.1. The highest BCUT2D eigenvalue weighted by atomic mass is 16.4. The van der Waals surface area contributed by atoms with E-state index in [9.17, 15) is 4.79 Å². The summed E-state index contributed by atoms with van der Waals surface area (Å²) >= 11 is 0. The third kappa shape index (κ3) is 1.15. The number of aromatic nitrogens is 1. The Morgan fingerprint density at radius 3 is 3.00 bits per heavy atom. The van der Waals surface area contributed by atoms with Crippen LogP contribution in [0.25, 0.3) is 11.1 Å². The molecule has 4 nitrogen and oxygen atoms in total. The molecule has 14 heavy (non-hydrogen) atoms. The number of aromatic amines is 1. The highest BCUT2D eigenvalue weighted by Crippen LogP contribution is 2.17. The van der Waals surface area contributed by atoms with E-state index >= 15 is 0 Å². The lowest BCUT2D eigenvalue weighted by Crippen LogP contribution is -1.94. The molecule has 0 bridgehead atoms. The van der Waals surface area contributed by atoms with Gasteiger partial charge in [-0.15, -0.1) is 0 Å². The van der Waals surface area contributed by atoms with E-state index < -0.39 is 5.76 Å². The second kappa shape index (κ2) is 2.96. The molecule has 0 saturated carbocycles. The number of nitrogens with two attached hydrogens (primary N) is 1. The molecule has 70 valence electrons. The Morgan fingerprint density at radius 1 is 1.50 bits per heavy atom. The van der Waals surface area contributed by atoms with Crippen molar-refractivity contribution >= 4 is 11.1 Å². The van der Waals surface area contributed by atoms with Crippen molar-refractivity contribution in [3.8, 4) is 12.0 Å². The molecule has 0 saturated heterocycles. The maximum atomic E-state index is 10.9. The summed E-state index contributed by atoms with van der Waals surface area (Å²) in [6.45, 7) is 1.85. The average molecular weight is 188 g/mol. The molecule has 0 fully saturated rings. The van der Waals surface area contributed by atoms with E-state index in [1.165, 1.54) is 0 Å². The van der Waals surface area contributed by atoms with E-state index in [0.717, 1.165) is 11.1 Å². The fourth-order valence-corrected chi connectivity index (χ4v) is 1.37. The number of H-pyrrole nitrogens is 1. The number of hydrogen-bond acceptors (Lipinski definition) is 3. The minimum Gasteiger partial charge on any atom is -0.408 e. The molecule has 0 radical (unpaired) electrons. The van der Waals surface area contributed by atoms with E-state index in [-0.39, 0.29) is 0 Å². The third-order valence-electron chi connectivity index (χ3n) is 2.06. The minimum atomic E-state index is -0.457. The average Bonchev–Trinajstić information content (AvgIpc) is 2.52. The molecular formula is C10H8N2O2. The van der Waals surface area contributed by atoms with Gasteiger partial charge in [0, 0.05) is 11.6 Å². The Morgan fingerprint density at radius 2 is 2.29 bits per heavy atom. The molecule has 2 rings (SSSR count). The van der Waals surface area contributed by atoms with Gasteiger partial charge in [-0.1, -0.05) is 0 Å². The number of fused-ring (bicyclic) bond motifs is 1. The van der Waals surface area contributed by atoms with Crippen molar-refractivity contribution in [3.05, 3.63) is 33.8 Å². The largest absolute Gasteiger partial charge is 0.417 e. The Labute approximate surface area is 79.7 Å². The summed E-state index contributed by atoms with van der Waals surface area (Å²) in [4.78, 5) is 13.5. The summed E-state index contributed by atoms with van der Waals surface area (Å²) in [5, 5.41) is 0. The monoisotopic (exact) mass is 188 g/mol. The highest BCUT2D eigenvalue weighted by molar-refractivity contribution is 5.78. The first-order valence-electron chi connectivity index (χ1n) is 4.06. The van der Waals surface area contributed by atoms with Crippen LogP contribution in [0.5, 0.6) is 0 Å². The lowest BCUT2D eigenvalue weighted by molar-refractivity contribution is 0.555. The van der Waals surface area contributed by atoms with Crippen molar-refractivity contribution in [2.75, 3.05) is 0 Å². The van der Waals surface area contributed by atoms with E-state index in [1.54, 1.807) is 12.1 Å². The molecule has 1 aromatic heterocycles. The predicted octanol–water partition coefficient (Wildman–Crippen LogP) is 0.697. The first-order valence-corrected chi connectivity index (χ1v) is 4.06. The van der Waals surface area contributed by atoms with E-state index in [1.807, 2.05) is 6.92 Å². The van der Waals surface area contributed by atoms with Crippen molar-refractivity contribution in [3.63, 3.8) is 0 Å². The molecule has 0 atom stereocenters. The number of aryl methyl sites for hydroxylation is 1. The van der Waals surface area contributed by atoms with Crippen LogP contribution in [0.1, 0.15) is 11.1 Å². The number of benzene rings is 1. The second-order valence-electron chi connectivity index (χ2n) is 2.90. The van der Waals surface area contributed by atoms with Crippen LogP contribution >= 0.6 is 0 Å². The van der Waals surface area contributed by atoms with Gasteiger partial charge in [0.2, 0.25) is 0 Å². The van der Waals surface area contributed by atoms with Gasteiger partial charge in [0.1, 0.15) is 0 Å². The normalized spacial score (nSPS) is 9.79. The Balaban J connectivity index is 2.84. The van der Waals surface area contributed by atoms with E-state index in [4.69, 9.17) is 10.2 Å². The quantitative estimate of drug-likeness (QED) is 0.472. The molecule has 0 aliphatic carbocycles. The van der Waals surface area contributed by atoms with Gasteiger partial charge in [0.15, 0.2) is 5.58 Å². The van der Waals surface area contributed by atoms with Gasteiger partial charge in [-0.2, -0.15) is 0 Å².